The first-order chi connectivity index (χ1) is 15.3. The maximum absolute atomic E-state index is 12.9. The first kappa shape index (κ1) is 27.8. The summed E-state index contributed by atoms with van der Waals surface area (Å²) in [6.07, 6.45) is -0.0230. The predicted molar refractivity (Wildman–Crippen MR) is 114 cm³/mol. The van der Waals surface area contributed by atoms with E-state index < -0.39 is 66.2 Å². The van der Waals surface area contributed by atoms with Crippen LogP contribution in [-0.2, 0) is 28.8 Å². The maximum Gasteiger partial charge on any atom is 0.326 e. The van der Waals surface area contributed by atoms with Gasteiger partial charge in [0.2, 0.25) is 23.6 Å². The second-order valence-corrected chi connectivity index (χ2v) is 8.49. The van der Waals surface area contributed by atoms with Gasteiger partial charge in [-0.1, -0.05) is 13.8 Å². The summed E-state index contributed by atoms with van der Waals surface area (Å²) >= 11 is 0. The lowest BCUT2D eigenvalue weighted by Crippen LogP contribution is -2.57. The first-order valence-corrected chi connectivity index (χ1v) is 10.7. The van der Waals surface area contributed by atoms with Gasteiger partial charge in [0.05, 0.1) is 12.5 Å². The Morgan fingerprint density at radius 2 is 1.70 bits per heavy atom. The molecule has 4 unspecified atom stereocenters. The fourth-order valence-electron chi connectivity index (χ4n) is 3.58. The standard InChI is InChI=1S/C20H33N5O8/c1-10(2)8-13(17(29)23-12(20(32)33)5-6-15(22)26)24-18(30)14-4-3-7-25(14)19(31)11(21)9-16(27)28/h10-14H,3-9,21H2,1-2H3,(H2,22,26)(H,23,29)(H,24,30)(H,27,28)(H,32,33). The van der Waals surface area contributed by atoms with Crippen molar-refractivity contribution in [3.63, 3.8) is 0 Å². The molecule has 186 valence electrons. The molecule has 1 aliphatic heterocycles. The predicted octanol–water partition coefficient (Wildman–Crippen LogP) is -1.85. The van der Waals surface area contributed by atoms with Gasteiger partial charge in [-0.05, 0) is 31.6 Å². The SMILES string of the molecule is CC(C)CC(NC(=O)C1CCCN1C(=O)C(N)CC(=O)O)C(=O)NC(CCC(N)=O)C(=O)O. The fourth-order valence-corrected chi connectivity index (χ4v) is 3.58. The molecule has 0 aromatic carbocycles. The van der Waals surface area contributed by atoms with Gasteiger partial charge in [-0.25, -0.2) is 4.79 Å². The minimum Gasteiger partial charge on any atom is -0.481 e. The van der Waals surface area contributed by atoms with E-state index >= 15 is 0 Å². The van der Waals surface area contributed by atoms with Gasteiger partial charge >= 0.3 is 11.9 Å². The Hall–Kier alpha value is -3.22. The molecule has 8 N–H and O–H groups in total. The number of nitrogens with two attached hydrogens (primary N) is 2. The molecule has 0 aliphatic carbocycles. The molecular weight excluding hydrogens is 438 g/mol. The van der Waals surface area contributed by atoms with E-state index in [1.165, 1.54) is 4.90 Å². The van der Waals surface area contributed by atoms with Crippen LogP contribution >= 0.6 is 0 Å². The Morgan fingerprint density at radius 3 is 2.21 bits per heavy atom. The van der Waals surface area contributed by atoms with Crippen LogP contribution in [0, 0.1) is 5.92 Å². The van der Waals surface area contributed by atoms with Gasteiger partial charge < -0.3 is 37.2 Å². The molecular formula is C20H33N5O8. The first-order valence-electron chi connectivity index (χ1n) is 10.7. The molecule has 0 aromatic rings. The lowest BCUT2D eigenvalue weighted by Gasteiger charge is -2.29. The average Bonchev–Trinajstić information content (AvgIpc) is 3.18. The number of primary amides is 1. The third-order valence-electron chi connectivity index (χ3n) is 5.18. The molecule has 0 aromatic heterocycles. The Balaban J connectivity index is 2.91. The zero-order chi connectivity index (χ0) is 25.3. The number of aliphatic carboxylic acids is 2. The number of rotatable bonds is 13. The van der Waals surface area contributed by atoms with Crippen molar-refractivity contribution in [2.45, 2.75) is 76.5 Å². The molecule has 33 heavy (non-hydrogen) atoms. The van der Waals surface area contributed by atoms with Crippen molar-refractivity contribution >= 4 is 35.6 Å². The molecule has 0 bridgehead atoms. The highest BCUT2D eigenvalue weighted by molar-refractivity contribution is 5.95. The van der Waals surface area contributed by atoms with Gasteiger partial charge in [0.1, 0.15) is 18.1 Å². The minimum atomic E-state index is -1.37. The summed E-state index contributed by atoms with van der Waals surface area (Å²) in [5, 5.41) is 23.1. The van der Waals surface area contributed by atoms with Crippen LogP contribution in [0.2, 0.25) is 0 Å². The van der Waals surface area contributed by atoms with E-state index in [1.54, 1.807) is 0 Å². The Labute approximate surface area is 191 Å². The van der Waals surface area contributed by atoms with Gasteiger partial charge in [0, 0.05) is 13.0 Å². The number of carboxylic acid groups (broad SMARTS) is 2. The van der Waals surface area contributed by atoms with Crippen LogP contribution in [0.1, 0.15) is 52.4 Å². The summed E-state index contributed by atoms with van der Waals surface area (Å²) in [7, 11) is 0. The van der Waals surface area contributed by atoms with Gasteiger partial charge in [-0.2, -0.15) is 0 Å². The topological polar surface area (TPSA) is 222 Å². The number of amides is 4. The van der Waals surface area contributed by atoms with Crippen LogP contribution in [-0.4, -0.2) is 81.4 Å². The Morgan fingerprint density at radius 1 is 1.06 bits per heavy atom. The molecule has 0 radical (unpaired) electrons. The highest BCUT2D eigenvalue weighted by atomic mass is 16.4. The van der Waals surface area contributed by atoms with E-state index in [1.807, 2.05) is 13.8 Å². The molecule has 13 heteroatoms. The van der Waals surface area contributed by atoms with Crippen molar-refractivity contribution in [3.05, 3.63) is 0 Å². The van der Waals surface area contributed by atoms with Crippen molar-refractivity contribution < 1.29 is 39.0 Å². The molecule has 1 heterocycles. The number of carboxylic acids is 2. The van der Waals surface area contributed by atoms with Crippen LogP contribution in [0.15, 0.2) is 0 Å². The Bertz CT molecular complexity index is 772. The quantitative estimate of drug-likeness (QED) is 0.177. The molecule has 1 rings (SSSR count). The van der Waals surface area contributed by atoms with Crippen molar-refractivity contribution in [1.82, 2.24) is 15.5 Å². The van der Waals surface area contributed by atoms with E-state index in [4.69, 9.17) is 16.6 Å². The van der Waals surface area contributed by atoms with E-state index in [0.29, 0.717) is 12.8 Å². The Kier molecular flexibility index (Phi) is 10.7. The van der Waals surface area contributed by atoms with Crippen LogP contribution in [0.3, 0.4) is 0 Å². The van der Waals surface area contributed by atoms with Gasteiger partial charge in [0.25, 0.3) is 0 Å². The summed E-state index contributed by atoms with van der Waals surface area (Å²) in [6, 6.07) is -4.68. The van der Waals surface area contributed by atoms with Crippen molar-refractivity contribution in [3.8, 4) is 0 Å². The van der Waals surface area contributed by atoms with Gasteiger partial charge in [-0.3, -0.25) is 24.0 Å². The monoisotopic (exact) mass is 471 g/mol. The highest BCUT2D eigenvalue weighted by Gasteiger charge is 2.38. The zero-order valence-electron chi connectivity index (χ0n) is 18.8. The summed E-state index contributed by atoms with van der Waals surface area (Å²) in [5.41, 5.74) is 10.7. The van der Waals surface area contributed by atoms with Crippen molar-refractivity contribution in [1.29, 1.82) is 0 Å². The minimum absolute atomic E-state index is 0.0414. The van der Waals surface area contributed by atoms with Gasteiger partial charge in [-0.15, -0.1) is 0 Å². The highest BCUT2D eigenvalue weighted by Crippen LogP contribution is 2.19. The zero-order valence-corrected chi connectivity index (χ0v) is 18.8. The summed E-state index contributed by atoms with van der Waals surface area (Å²) < 4.78 is 0. The second-order valence-electron chi connectivity index (χ2n) is 8.49. The van der Waals surface area contributed by atoms with E-state index in [-0.39, 0.29) is 31.7 Å². The normalized spacial score (nSPS) is 18.3. The molecule has 1 aliphatic rings. The molecule has 0 spiro atoms. The van der Waals surface area contributed by atoms with Crippen LogP contribution in [0.5, 0.6) is 0 Å². The number of nitrogens with one attached hydrogen (secondary N) is 2. The number of nitrogens with zero attached hydrogens (tertiary/aromatic N) is 1. The molecule has 4 amide bonds. The van der Waals surface area contributed by atoms with E-state index in [9.17, 15) is 33.9 Å². The van der Waals surface area contributed by atoms with Crippen molar-refractivity contribution in [2.24, 2.45) is 17.4 Å². The van der Waals surface area contributed by atoms with E-state index in [2.05, 4.69) is 10.6 Å². The summed E-state index contributed by atoms with van der Waals surface area (Å²) in [5.74, 6) is -5.37. The third kappa shape index (κ3) is 9.04. The molecule has 0 saturated carbocycles. The summed E-state index contributed by atoms with van der Waals surface area (Å²) in [6.45, 7) is 3.84. The molecule has 13 nitrogen and oxygen atoms in total. The maximum atomic E-state index is 12.9. The number of hydrogen-bond acceptors (Lipinski definition) is 7. The molecule has 1 saturated heterocycles. The number of likely N-dealkylation sites (tertiary alicyclic amines) is 1. The third-order valence-corrected chi connectivity index (χ3v) is 5.18. The largest absolute Gasteiger partial charge is 0.481 e. The van der Waals surface area contributed by atoms with Crippen LogP contribution < -0.4 is 22.1 Å². The molecule has 1 fully saturated rings. The lowest BCUT2D eigenvalue weighted by atomic mass is 10.0. The number of carbonyl (C=O) groups is 6. The smallest absolute Gasteiger partial charge is 0.326 e. The van der Waals surface area contributed by atoms with E-state index in [0.717, 1.165) is 0 Å². The second kappa shape index (κ2) is 12.7. The molecule has 4 atom stereocenters. The van der Waals surface area contributed by atoms with Crippen molar-refractivity contribution in [2.75, 3.05) is 6.54 Å². The fraction of sp³-hybridized carbons (Fsp3) is 0.700. The van der Waals surface area contributed by atoms with Gasteiger partial charge in [0.15, 0.2) is 0 Å². The number of carbonyl (C=O) groups excluding carboxylic acids is 4. The number of hydrogen-bond donors (Lipinski definition) is 6. The summed E-state index contributed by atoms with van der Waals surface area (Å²) in [4.78, 5) is 72.6. The average molecular weight is 472 g/mol. The van der Waals surface area contributed by atoms with Crippen LogP contribution in [0.25, 0.3) is 0 Å². The van der Waals surface area contributed by atoms with Crippen LogP contribution in [0.4, 0.5) is 0 Å². The lowest BCUT2D eigenvalue weighted by molar-refractivity contribution is -0.144.